The Balaban J connectivity index is 1.52. The Bertz CT molecular complexity index is 988. The first-order valence-electron chi connectivity index (χ1n) is 8.26. The van der Waals surface area contributed by atoms with Crippen molar-refractivity contribution in [2.75, 3.05) is 12.5 Å². The van der Waals surface area contributed by atoms with Crippen molar-refractivity contribution in [1.29, 1.82) is 0 Å². The third-order valence-electron chi connectivity index (χ3n) is 3.99. The van der Waals surface area contributed by atoms with E-state index in [4.69, 9.17) is 9.47 Å². The zero-order chi connectivity index (χ0) is 18.6. The quantitative estimate of drug-likeness (QED) is 0.354. The molecule has 0 bridgehead atoms. The molecule has 8 heteroatoms. The van der Waals surface area contributed by atoms with Crippen LogP contribution in [-0.4, -0.2) is 38.1 Å². The van der Waals surface area contributed by atoms with E-state index in [1.807, 2.05) is 16.7 Å². The number of fused-ring (bicyclic) bond motifs is 1. The molecule has 2 aromatic heterocycles. The Morgan fingerprint density at radius 1 is 1.19 bits per heavy atom. The number of thioether (sulfide) groups is 1. The Morgan fingerprint density at radius 2 is 2.00 bits per heavy atom. The van der Waals surface area contributed by atoms with E-state index in [1.165, 1.54) is 11.8 Å². The van der Waals surface area contributed by atoms with Crippen molar-refractivity contribution in [3.05, 3.63) is 60.9 Å². The number of hydrogen-bond donors (Lipinski definition) is 0. The second-order valence-electron chi connectivity index (χ2n) is 5.72. The van der Waals surface area contributed by atoms with Gasteiger partial charge in [-0.15, -0.1) is 16.8 Å². The van der Waals surface area contributed by atoms with Crippen LogP contribution in [0.3, 0.4) is 0 Å². The molecule has 0 unspecified atom stereocenters. The molecule has 1 aliphatic heterocycles. The molecule has 136 valence electrons. The van der Waals surface area contributed by atoms with Gasteiger partial charge < -0.3 is 9.47 Å². The summed E-state index contributed by atoms with van der Waals surface area (Å²) in [6, 6.07) is 8.95. The molecule has 0 saturated carbocycles. The summed E-state index contributed by atoms with van der Waals surface area (Å²) in [5, 5.41) is 9.18. The van der Waals surface area contributed by atoms with Crippen LogP contribution in [0, 0.1) is 0 Å². The molecule has 0 fully saturated rings. The highest BCUT2D eigenvalue weighted by molar-refractivity contribution is 7.99. The van der Waals surface area contributed by atoms with Crippen LogP contribution in [-0.2, 0) is 6.54 Å². The first kappa shape index (κ1) is 17.3. The van der Waals surface area contributed by atoms with Gasteiger partial charge in [0.05, 0.1) is 5.75 Å². The number of ketones is 1. The maximum absolute atomic E-state index is 12.6. The fourth-order valence-corrected chi connectivity index (χ4v) is 3.53. The number of Topliss-reactive ketones (excluding diaryl/α,β-unsaturated/α-hetero) is 1. The molecule has 0 spiro atoms. The second kappa shape index (κ2) is 7.63. The third-order valence-corrected chi connectivity index (χ3v) is 4.96. The minimum Gasteiger partial charge on any atom is -0.454 e. The Kier molecular flexibility index (Phi) is 4.88. The molecule has 3 aromatic rings. The van der Waals surface area contributed by atoms with Gasteiger partial charge in [0.15, 0.2) is 28.3 Å². The van der Waals surface area contributed by atoms with Crippen molar-refractivity contribution >= 4 is 17.5 Å². The number of allylic oxidation sites excluding steroid dienone is 1. The van der Waals surface area contributed by atoms with Crippen LogP contribution in [0.5, 0.6) is 11.5 Å². The standard InChI is InChI=1S/C19H16N4O3S/c1-2-9-23-18(13-5-7-20-8-6-13)21-22-19(23)27-11-15(24)14-3-4-16-17(10-14)26-12-25-16/h2-8,10H,1,9,11-12H2. The number of carbonyl (C=O) groups is 1. The molecule has 0 radical (unpaired) electrons. The molecule has 7 nitrogen and oxygen atoms in total. The Hall–Kier alpha value is -3.13. The van der Waals surface area contributed by atoms with E-state index in [-0.39, 0.29) is 18.3 Å². The number of hydrogen-bond acceptors (Lipinski definition) is 7. The lowest BCUT2D eigenvalue weighted by atomic mass is 10.1. The number of aromatic nitrogens is 4. The van der Waals surface area contributed by atoms with Crippen molar-refractivity contribution < 1.29 is 14.3 Å². The zero-order valence-electron chi connectivity index (χ0n) is 14.4. The molecule has 3 heterocycles. The van der Waals surface area contributed by atoms with Crippen LogP contribution in [0.1, 0.15) is 10.4 Å². The molecule has 1 aliphatic rings. The molecule has 4 rings (SSSR count). The average molecular weight is 380 g/mol. The van der Waals surface area contributed by atoms with Crippen LogP contribution in [0.25, 0.3) is 11.4 Å². The lowest BCUT2D eigenvalue weighted by Gasteiger charge is -2.07. The van der Waals surface area contributed by atoms with Gasteiger partial charge in [-0.1, -0.05) is 17.8 Å². The van der Waals surface area contributed by atoms with Crippen LogP contribution < -0.4 is 9.47 Å². The van der Waals surface area contributed by atoms with Gasteiger partial charge in [0.25, 0.3) is 0 Å². The van der Waals surface area contributed by atoms with E-state index in [1.54, 1.807) is 36.7 Å². The fraction of sp³-hybridized carbons (Fsp3) is 0.158. The predicted molar refractivity (Wildman–Crippen MR) is 101 cm³/mol. The number of rotatable bonds is 7. The number of nitrogens with zero attached hydrogens (tertiary/aromatic N) is 4. The van der Waals surface area contributed by atoms with Crippen LogP contribution >= 0.6 is 11.8 Å². The molecule has 27 heavy (non-hydrogen) atoms. The number of carbonyl (C=O) groups excluding carboxylic acids is 1. The molecule has 0 N–H and O–H groups in total. The van der Waals surface area contributed by atoms with E-state index < -0.39 is 0 Å². The summed E-state index contributed by atoms with van der Waals surface area (Å²) in [6.45, 7) is 4.53. The maximum Gasteiger partial charge on any atom is 0.231 e. The summed E-state index contributed by atoms with van der Waals surface area (Å²) < 4.78 is 12.5. The van der Waals surface area contributed by atoms with E-state index in [0.717, 1.165) is 11.4 Å². The van der Waals surface area contributed by atoms with E-state index in [9.17, 15) is 4.79 Å². The number of benzene rings is 1. The van der Waals surface area contributed by atoms with Gasteiger partial charge in [-0.05, 0) is 30.3 Å². The van der Waals surface area contributed by atoms with Crippen LogP contribution in [0.4, 0.5) is 0 Å². The van der Waals surface area contributed by atoms with Gasteiger partial charge in [0, 0.05) is 30.1 Å². The lowest BCUT2D eigenvalue weighted by Crippen LogP contribution is -2.05. The van der Waals surface area contributed by atoms with Crippen molar-refractivity contribution in [2.45, 2.75) is 11.7 Å². The molecular weight excluding hydrogens is 364 g/mol. The predicted octanol–water partition coefficient (Wildman–Crippen LogP) is 3.23. The van der Waals surface area contributed by atoms with E-state index in [2.05, 4.69) is 21.8 Å². The van der Waals surface area contributed by atoms with E-state index >= 15 is 0 Å². The zero-order valence-corrected chi connectivity index (χ0v) is 15.2. The van der Waals surface area contributed by atoms with Gasteiger partial charge in [-0.25, -0.2) is 0 Å². The molecule has 1 aromatic carbocycles. The fourth-order valence-electron chi connectivity index (χ4n) is 2.69. The van der Waals surface area contributed by atoms with Gasteiger partial charge in [-0.2, -0.15) is 0 Å². The summed E-state index contributed by atoms with van der Waals surface area (Å²) in [6.07, 6.45) is 5.19. The maximum atomic E-state index is 12.6. The summed E-state index contributed by atoms with van der Waals surface area (Å²) in [5.41, 5.74) is 1.49. The van der Waals surface area contributed by atoms with Crippen molar-refractivity contribution in [1.82, 2.24) is 19.7 Å². The molecule has 0 saturated heterocycles. The minimum atomic E-state index is -0.0167. The second-order valence-corrected chi connectivity index (χ2v) is 6.66. The monoisotopic (exact) mass is 380 g/mol. The average Bonchev–Trinajstić information content (AvgIpc) is 3.33. The van der Waals surface area contributed by atoms with Crippen LogP contribution in [0.2, 0.25) is 0 Å². The largest absolute Gasteiger partial charge is 0.454 e. The molecule has 0 atom stereocenters. The van der Waals surface area contributed by atoms with Crippen molar-refractivity contribution in [3.63, 3.8) is 0 Å². The highest BCUT2D eigenvalue weighted by Crippen LogP contribution is 2.33. The van der Waals surface area contributed by atoms with Gasteiger partial charge >= 0.3 is 0 Å². The molecule has 0 amide bonds. The van der Waals surface area contributed by atoms with Crippen molar-refractivity contribution in [3.8, 4) is 22.9 Å². The topological polar surface area (TPSA) is 79.1 Å². The molecular formula is C19H16N4O3S. The normalized spacial score (nSPS) is 12.1. The minimum absolute atomic E-state index is 0.0167. The first-order chi connectivity index (χ1) is 13.3. The van der Waals surface area contributed by atoms with Gasteiger partial charge in [0.1, 0.15) is 0 Å². The highest BCUT2D eigenvalue weighted by atomic mass is 32.2. The van der Waals surface area contributed by atoms with Crippen molar-refractivity contribution in [2.24, 2.45) is 0 Å². The van der Waals surface area contributed by atoms with Crippen LogP contribution in [0.15, 0.2) is 60.5 Å². The number of pyridine rings is 1. The Labute approximate surface area is 160 Å². The summed E-state index contributed by atoms with van der Waals surface area (Å²) >= 11 is 1.34. The van der Waals surface area contributed by atoms with Gasteiger partial charge in [-0.3, -0.25) is 14.3 Å². The smallest absolute Gasteiger partial charge is 0.231 e. The Morgan fingerprint density at radius 3 is 2.81 bits per heavy atom. The SMILES string of the molecule is C=CCn1c(SCC(=O)c2ccc3c(c2)OCO3)nnc1-c1ccncc1. The summed E-state index contributed by atoms with van der Waals surface area (Å²) in [7, 11) is 0. The summed E-state index contributed by atoms with van der Waals surface area (Å²) in [5.74, 6) is 2.20. The van der Waals surface area contributed by atoms with E-state index in [0.29, 0.717) is 28.8 Å². The number of ether oxygens (including phenoxy) is 2. The first-order valence-corrected chi connectivity index (χ1v) is 9.25. The summed E-state index contributed by atoms with van der Waals surface area (Å²) in [4.78, 5) is 16.6. The molecule has 0 aliphatic carbocycles. The van der Waals surface area contributed by atoms with Gasteiger partial charge in [0.2, 0.25) is 6.79 Å². The highest BCUT2D eigenvalue weighted by Gasteiger charge is 2.18. The lowest BCUT2D eigenvalue weighted by molar-refractivity contribution is 0.102. The third kappa shape index (κ3) is 3.56.